The molecule has 0 saturated carbocycles. The van der Waals surface area contributed by atoms with E-state index in [0.29, 0.717) is 11.8 Å². The molecule has 1 aromatic heterocycles. The average Bonchev–Trinajstić information content (AvgIpc) is 3.20. The molecule has 6 nitrogen and oxygen atoms in total. The van der Waals surface area contributed by atoms with Crippen molar-refractivity contribution in [3.63, 3.8) is 0 Å². The molecule has 2 aliphatic heterocycles. The lowest BCUT2D eigenvalue weighted by Gasteiger charge is -2.26. The van der Waals surface area contributed by atoms with Crippen LogP contribution in [0.3, 0.4) is 0 Å². The van der Waals surface area contributed by atoms with Gasteiger partial charge in [-0.2, -0.15) is 0 Å². The van der Waals surface area contributed by atoms with E-state index in [1.807, 2.05) is 68.1 Å². The Bertz CT molecular complexity index is 787. The summed E-state index contributed by atoms with van der Waals surface area (Å²) in [4.78, 5) is 16.4. The maximum absolute atomic E-state index is 12.3. The number of likely N-dealkylation sites (tertiary alicyclic amines) is 1. The van der Waals surface area contributed by atoms with Crippen LogP contribution in [0.4, 0.5) is 10.6 Å². The molecule has 0 radical (unpaired) electrons. The van der Waals surface area contributed by atoms with Gasteiger partial charge in [0.15, 0.2) is 5.82 Å². The van der Waals surface area contributed by atoms with Crippen molar-refractivity contribution in [2.75, 3.05) is 31.1 Å². The monoisotopic (exact) mass is 366 g/mol. The fourth-order valence-electron chi connectivity index (χ4n) is 3.91. The van der Waals surface area contributed by atoms with Crippen LogP contribution in [0.1, 0.15) is 20.8 Å². The van der Waals surface area contributed by atoms with E-state index in [-0.39, 0.29) is 6.09 Å². The van der Waals surface area contributed by atoms with Crippen LogP contribution in [0.5, 0.6) is 0 Å². The van der Waals surface area contributed by atoms with Crippen molar-refractivity contribution in [1.29, 1.82) is 0 Å². The number of ether oxygens (including phenoxy) is 1. The van der Waals surface area contributed by atoms with Crippen LogP contribution >= 0.6 is 0 Å². The Morgan fingerprint density at radius 3 is 2.19 bits per heavy atom. The molecule has 6 heteroatoms. The van der Waals surface area contributed by atoms with Gasteiger partial charge in [-0.25, -0.2) is 4.79 Å². The molecule has 0 bridgehead atoms. The standard InChI is InChI=1S/C21H26N4O2/c1-21(2,3)27-20(26)25-13-16-11-24(12-17(16)14-25)19-10-9-18(22-23-19)15-7-5-4-6-8-15/h4-10,16-17H,11-14H2,1-3H3/t16-,17-/m0/s1. The van der Waals surface area contributed by atoms with Gasteiger partial charge in [-0.05, 0) is 32.9 Å². The van der Waals surface area contributed by atoms with Crippen molar-refractivity contribution in [2.24, 2.45) is 11.8 Å². The number of benzene rings is 1. The highest BCUT2D eigenvalue weighted by atomic mass is 16.6. The molecular weight excluding hydrogens is 340 g/mol. The quantitative estimate of drug-likeness (QED) is 0.815. The van der Waals surface area contributed by atoms with E-state index in [1.54, 1.807) is 0 Å². The SMILES string of the molecule is CC(C)(C)OC(=O)N1C[C@@H]2CN(c3ccc(-c4ccccc4)nn3)C[C@H]2C1. The first-order valence-corrected chi connectivity index (χ1v) is 9.51. The lowest BCUT2D eigenvalue weighted by molar-refractivity contribution is 0.0282. The molecule has 1 amide bonds. The van der Waals surface area contributed by atoms with Crippen LogP contribution in [-0.4, -0.2) is 53.0 Å². The zero-order chi connectivity index (χ0) is 19.0. The highest BCUT2D eigenvalue weighted by Crippen LogP contribution is 2.34. The maximum Gasteiger partial charge on any atom is 0.410 e. The first kappa shape index (κ1) is 17.8. The number of hydrogen-bond acceptors (Lipinski definition) is 5. The molecule has 1 aromatic carbocycles. The summed E-state index contributed by atoms with van der Waals surface area (Å²) in [6, 6.07) is 14.1. The van der Waals surface area contributed by atoms with Gasteiger partial charge >= 0.3 is 6.09 Å². The van der Waals surface area contributed by atoms with E-state index in [4.69, 9.17) is 4.74 Å². The van der Waals surface area contributed by atoms with Crippen LogP contribution in [0, 0.1) is 11.8 Å². The summed E-state index contributed by atoms with van der Waals surface area (Å²) in [5.41, 5.74) is 1.51. The van der Waals surface area contributed by atoms with Crippen molar-refractivity contribution in [2.45, 2.75) is 26.4 Å². The van der Waals surface area contributed by atoms with E-state index in [1.165, 1.54) is 0 Å². The molecule has 27 heavy (non-hydrogen) atoms. The molecule has 2 atom stereocenters. The Morgan fingerprint density at radius 2 is 1.63 bits per heavy atom. The number of carbonyl (C=O) groups is 1. The zero-order valence-electron chi connectivity index (χ0n) is 16.1. The van der Waals surface area contributed by atoms with Gasteiger partial charge in [-0.3, -0.25) is 0 Å². The molecule has 4 rings (SSSR count). The number of fused-ring (bicyclic) bond motifs is 1. The molecule has 2 fully saturated rings. The van der Waals surface area contributed by atoms with Gasteiger partial charge < -0.3 is 14.5 Å². The van der Waals surface area contributed by atoms with Crippen molar-refractivity contribution >= 4 is 11.9 Å². The van der Waals surface area contributed by atoms with Gasteiger partial charge in [0.05, 0.1) is 5.69 Å². The minimum absolute atomic E-state index is 0.199. The van der Waals surface area contributed by atoms with Gasteiger partial charge in [-0.15, -0.1) is 10.2 Å². The Labute approximate surface area is 160 Å². The minimum atomic E-state index is -0.448. The van der Waals surface area contributed by atoms with Crippen molar-refractivity contribution in [3.8, 4) is 11.3 Å². The molecule has 2 aliphatic rings. The van der Waals surface area contributed by atoms with Crippen LogP contribution in [0.15, 0.2) is 42.5 Å². The Hall–Kier alpha value is -2.63. The van der Waals surface area contributed by atoms with Crippen LogP contribution in [0.2, 0.25) is 0 Å². The average molecular weight is 366 g/mol. The van der Waals surface area contributed by atoms with Gasteiger partial charge in [0.25, 0.3) is 0 Å². The van der Waals surface area contributed by atoms with Crippen LogP contribution in [0.25, 0.3) is 11.3 Å². The number of aromatic nitrogens is 2. The number of nitrogens with zero attached hydrogens (tertiary/aromatic N) is 4. The minimum Gasteiger partial charge on any atom is -0.444 e. The topological polar surface area (TPSA) is 58.6 Å². The number of rotatable bonds is 2. The predicted octanol–water partition coefficient (Wildman–Crippen LogP) is 3.45. The van der Waals surface area contributed by atoms with E-state index < -0.39 is 5.60 Å². The largest absolute Gasteiger partial charge is 0.444 e. The summed E-state index contributed by atoms with van der Waals surface area (Å²) in [6.07, 6.45) is -0.199. The maximum atomic E-state index is 12.3. The molecule has 3 heterocycles. The fraction of sp³-hybridized carbons (Fsp3) is 0.476. The Balaban J connectivity index is 1.37. The van der Waals surface area contributed by atoms with E-state index >= 15 is 0 Å². The molecule has 0 unspecified atom stereocenters. The van der Waals surface area contributed by atoms with Crippen LogP contribution < -0.4 is 4.90 Å². The highest BCUT2D eigenvalue weighted by molar-refractivity contribution is 5.68. The highest BCUT2D eigenvalue weighted by Gasteiger charge is 2.43. The van der Waals surface area contributed by atoms with Gasteiger partial charge in [0.1, 0.15) is 5.60 Å². The summed E-state index contributed by atoms with van der Waals surface area (Å²) in [7, 11) is 0. The molecular formula is C21H26N4O2. The normalized spacial score (nSPS) is 22.0. The third kappa shape index (κ3) is 3.89. The summed E-state index contributed by atoms with van der Waals surface area (Å²) >= 11 is 0. The number of hydrogen-bond donors (Lipinski definition) is 0. The third-order valence-corrected chi connectivity index (χ3v) is 5.18. The summed E-state index contributed by atoms with van der Waals surface area (Å²) < 4.78 is 5.50. The first-order valence-electron chi connectivity index (χ1n) is 9.51. The smallest absolute Gasteiger partial charge is 0.410 e. The van der Waals surface area contributed by atoms with E-state index in [9.17, 15) is 4.79 Å². The molecule has 0 N–H and O–H groups in total. The fourth-order valence-corrected chi connectivity index (χ4v) is 3.91. The molecule has 2 saturated heterocycles. The van der Waals surface area contributed by atoms with Crippen LogP contribution in [-0.2, 0) is 4.74 Å². The lowest BCUT2D eigenvalue weighted by atomic mass is 10.0. The summed E-state index contributed by atoms with van der Waals surface area (Å²) in [5.74, 6) is 1.84. The summed E-state index contributed by atoms with van der Waals surface area (Å²) in [6.45, 7) is 9.04. The second-order valence-electron chi connectivity index (χ2n) is 8.45. The number of anilines is 1. The van der Waals surface area contributed by atoms with E-state index in [0.717, 1.165) is 43.3 Å². The number of amides is 1. The first-order chi connectivity index (χ1) is 12.9. The molecule has 0 aliphatic carbocycles. The molecule has 2 aromatic rings. The Kier molecular flexibility index (Phi) is 4.50. The predicted molar refractivity (Wildman–Crippen MR) is 104 cm³/mol. The van der Waals surface area contributed by atoms with E-state index in [2.05, 4.69) is 15.1 Å². The number of carbonyl (C=O) groups excluding carboxylic acids is 1. The molecule has 0 spiro atoms. The summed E-state index contributed by atoms with van der Waals surface area (Å²) in [5, 5.41) is 8.83. The molecule has 142 valence electrons. The van der Waals surface area contributed by atoms with Crippen molar-refractivity contribution in [3.05, 3.63) is 42.5 Å². The van der Waals surface area contributed by atoms with Gasteiger partial charge in [-0.1, -0.05) is 30.3 Å². The lowest BCUT2D eigenvalue weighted by Crippen LogP contribution is -2.37. The zero-order valence-corrected chi connectivity index (χ0v) is 16.1. The van der Waals surface area contributed by atoms with Gasteiger partial charge in [0.2, 0.25) is 0 Å². The van der Waals surface area contributed by atoms with Crippen molar-refractivity contribution in [1.82, 2.24) is 15.1 Å². The third-order valence-electron chi connectivity index (χ3n) is 5.18. The van der Waals surface area contributed by atoms with Crippen molar-refractivity contribution < 1.29 is 9.53 Å². The van der Waals surface area contributed by atoms with Gasteiger partial charge in [0, 0.05) is 43.6 Å². The second kappa shape index (κ2) is 6.83. The Morgan fingerprint density at radius 1 is 0.963 bits per heavy atom. The second-order valence-corrected chi connectivity index (χ2v) is 8.45.